The SMILES string of the molecule is CNC(=O)c1ccccc1Nc1nc(NC2=CC=C(N3CCNCC3)CC2)ncc1Br. The molecule has 8 nitrogen and oxygen atoms in total. The molecule has 162 valence electrons. The molecular weight excluding hydrogens is 458 g/mol. The molecule has 9 heteroatoms. The number of allylic oxidation sites excluding steroid dienone is 4. The molecule has 0 radical (unpaired) electrons. The number of nitrogens with zero attached hydrogens (tertiary/aromatic N) is 3. The highest BCUT2D eigenvalue weighted by molar-refractivity contribution is 9.10. The summed E-state index contributed by atoms with van der Waals surface area (Å²) in [6, 6.07) is 7.32. The number of nitrogens with one attached hydrogen (secondary N) is 4. The van der Waals surface area contributed by atoms with Crippen molar-refractivity contribution < 1.29 is 4.79 Å². The van der Waals surface area contributed by atoms with E-state index in [9.17, 15) is 4.79 Å². The summed E-state index contributed by atoms with van der Waals surface area (Å²) in [6.07, 6.45) is 7.91. The van der Waals surface area contributed by atoms with Crippen LogP contribution in [0.3, 0.4) is 0 Å². The number of benzene rings is 1. The molecule has 1 fully saturated rings. The Labute approximate surface area is 190 Å². The predicted octanol–water partition coefficient (Wildman–Crippen LogP) is 3.22. The number of piperazine rings is 1. The summed E-state index contributed by atoms with van der Waals surface area (Å²) in [5.74, 6) is 0.932. The number of carbonyl (C=O) groups excluding carboxylic acids is 1. The number of para-hydroxylation sites is 1. The second-order valence-electron chi connectivity index (χ2n) is 7.35. The fourth-order valence-electron chi connectivity index (χ4n) is 3.66. The van der Waals surface area contributed by atoms with E-state index in [1.54, 1.807) is 19.3 Å². The molecule has 1 saturated heterocycles. The van der Waals surface area contributed by atoms with E-state index in [2.05, 4.69) is 64.2 Å². The summed E-state index contributed by atoms with van der Waals surface area (Å²) in [7, 11) is 1.61. The molecule has 1 aliphatic heterocycles. The fourth-order valence-corrected chi connectivity index (χ4v) is 3.95. The van der Waals surface area contributed by atoms with E-state index in [0.717, 1.165) is 44.7 Å². The number of hydrogen-bond donors (Lipinski definition) is 4. The first-order chi connectivity index (χ1) is 15.1. The van der Waals surface area contributed by atoms with Crippen molar-refractivity contribution in [3.63, 3.8) is 0 Å². The van der Waals surface area contributed by atoms with Gasteiger partial charge in [0.2, 0.25) is 5.95 Å². The summed E-state index contributed by atoms with van der Waals surface area (Å²) >= 11 is 3.49. The Kier molecular flexibility index (Phi) is 6.83. The van der Waals surface area contributed by atoms with Crippen molar-refractivity contribution in [2.45, 2.75) is 12.8 Å². The number of hydrogen-bond acceptors (Lipinski definition) is 7. The van der Waals surface area contributed by atoms with Gasteiger partial charge in [-0.3, -0.25) is 4.79 Å². The summed E-state index contributed by atoms with van der Waals surface area (Å²) in [5.41, 5.74) is 3.69. The maximum absolute atomic E-state index is 12.2. The van der Waals surface area contributed by atoms with Crippen LogP contribution >= 0.6 is 15.9 Å². The van der Waals surface area contributed by atoms with Gasteiger partial charge in [-0.05, 0) is 53.1 Å². The third-order valence-electron chi connectivity index (χ3n) is 5.32. The van der Waals surface area contributed by atoms with Gasteiger partial charge < -0.3 is 26.2 Å². The molecule has 0 saturated carbocycles. The Morgan fingerprint density at radius 2 is 1.94 bits per heavy atom. The van der Waals surface area contributed by atoms with E-state index < -0.39 is 0 Å². The average molecular weight is 484 g/mol. The molecule has 2 heterocycles. The standard InChI is InChI=1S/C22H26BrN7O/c1-24-21(31)17-4-2-3-5-19(17)28-20-18(23)14-26-22(29-20)27-15-6-8-16(9-7-15)30-12-10-25-11-13-30/h2-6,8,14,25H,7,9-13H2,1H3,(H,24,31)(H2,26,27,28,29). The van der Waals surface area contributed by atoms with Gasteiger partial charge >= 0.3 is 0 Å². The van der Waals surface area contributed by atoms with Crippen LogP contribution in [-0.2, 0) is 0 Å². The molecule has 4 N–H and O–H groups in total. The molecule has 0 atom stereocenters. The Bertz CT molecular complexity index is 1010. The first-order valence-electron chi connectivity index (χ1n) is 10.4. The average Bonchev–Trinajstić information content (AvgIpc) is 2.82. The summed E-state index contributed by atoms with van der Waals surface area (Å²) in [6.45, 7) is 4.20. The molecular formula is C22H26BrN7O. The van der Waals surface area contributed by atoms with Crippen molar-refractivity contribution in [3.8, 4) is 0 Å². The Balaban J connectivity index is 1.48. The molecule has 31 heavy (non-hydrogen) atoms. The number of halogens is 1. The zero-order valence-electron chi connectivity index (χ0n) is 17.4. The van der Waals surface area contributed by atoms with Gasteiger partial charge in [-0.25, -0.2) is 4.98 Å². The van der Waals surface area contributed by atoms with Gasteiger partial charge in [0.1, 0.15) is 5.82 Å². The number of amides is 1. The third kappa shape index (κ3) is 5.23. The number of carbonyl (C=O) groups is 1. The molecule has 0 spiro atoms. The number of anilines is 3. The predicted molar refractivity (Wildman–Crippen MR) is 126 cm³/mol. The first-order valence-corrected chi connectivity index (χ1v) is 11.2. The van der Waals surface area contributed by atoms with Crippen molar-refractivity contribution in [3.05, 3.63) is 64.0 Å². The highest BCUT2D eigenvalue weighted by Crippen LogP contribution is 2.28. The molecule has 0 bridgehead atoms. The number of aromatic nitrogens is 2. The van der Waals surface area contributed by atoms with Crippen LogP contribution in [0.4, 0.5) is 17.5 Å². The Morgan fingerprint density at radius 1 is 1.13 bits per heavy atom. The highest BCUT2D eigenvalue weighted by Gasteiger charge is 2.17. The lowest BCUT2D eigenvalue weighted by molar-refractivity contribution is 0.0964. The molecule has 4 rings (SSSR count). The van der Waals surface area contributed by atoms with E-state index in [1.165, 1.54) is 5.70 Å². The number of rotatable bonds is 6. The van der Waals surface area contributed by atoms with Crippen LogP contribution in [-0.4, -0.2) is 54.0 Å². The molecule has 2 aliphatic rings. The van der Waals surface area contributed by atoms with E-state index in [0.29, 0.717) is 27.5 Å². The topological polar surface area (TPSA) is 94.2 Å². The van der Waals surface area contributed by atoms with E-state index in [4.69, 9.17) is 0 Å². The lowest BCUT2D eigenvalue weighted by Crippen LogP contribution is -2.43. The zero-order valence-corrected chi connectivity index (χ0v) is 19.0. The van der Waals surface area contributed by atoms with Gasteiger partial charge in [-0.15, -0.1) is 0 Å². The van der Waals surface area contributed by atoms with Crippen molar-refractivity contribution >= 4 is 39.3 Å². The van der Waals surface area contributed by atoms with Gasteiger partial charge in [-0.1, -0.05) is 12.1 Å². The molecule has 1 aliphatic carbocycles. The van der Waals surface area contributed by atoms with E-state index in [-0.39, 0.29) is 5.91 Å². The Hall–Kier alpha value is -2.91. The van der Waals surface area contributed by atoms with Gasteiger partial charge in [0, 0.05) is 50.8 Å². The third-order valence-corrected chi connectivity index (χ3v) is 5.90. The maximum Gasteiger partial charge on any atom is 0.253 e. The first kappa shape index (κ1) is 21.3. The van der Waals surface area contributed by atoms with Crippen LogP contribution in [0.2, 0.25) is 0 Å². The quantitative estimate of drug-likeness (QED) is 0.500. The van der Waals surface area contributed by atoms with E-state index in [1.807, 2.05) is 18.2 Å². The second kappa shape index (κ2) is 9.93. The minimum atomic E-state index is -0.161. The van der Waals surface area contributed by atoms with Crippen molar-refractivity contribution in [1.29, 1.82) is 0 Å². The van der Waals surface area contributed by atoms with Gasteiger partial charge in [0.25, 0.3) is 5.91 Å². The minimum absolute atomic E-state index is 0.161. The lowest BCUT2D eigenvalue weighted by Gasteiger charge is -2.33. The molecule has 2 aromatic rings. The second-order valence-corrected chi connectivity index (χ2v) is 8.21. The van der Waals surface area contributed by atoms with E-state index >= 15 is 0 Å². The monoisotopic (exact) mass is 483 g/mol. The summed E-state index contributed by atoms with van der Waals surface area (Å²) < 4.78 is 0.711. The highest BCUT2D eigenvalue weighted by atomic mass is 79.9. The smallest absolute Gasteiger partial charge is 0.253 e. The molecule has 1 amide bonds. The molecule has 1 aromatic heterocycles. The van der Waals surface area contributed by atoms with Crippen LogP contribution in [0.5, 0.6) is 0 Å². The fraction of sp³-hybridized carbons (Fsp3) is 0.318. The summed E-state index contributed by atoms with van der Waals surface area (Å²) in [5, 5.41) is 12.6. The normalized spacial score (nSPS) is 16.3. The summed E-state index contributed by atoms with van der Waals surface area (Å²) in [4.78, 5) is 23.6. The minimum Gasteiger partial charge on any atom is -0.372 e. The largest absolute Gasteiger partial charge is 0.372 e. The molecule has 1 aromatic carbocycles. The van der Waals surface area contributed by atoms with Crippen LogP contribution < -0.4 is 21.3 Å². The van der Waals surface area contributed by atoms with Crippen molar-refractivity contribution in [1.82, 2.24) is 25.5 Å². The van der Waals surface area contributed by atoms with Crippen molar-refractivity contribution in [2.75, 3.05) is 43.9 Å². The lowest BCUT2D eigenvalue weighted by atomic mass is 10.1. The van der Waals surface area contributed by atoms with Crippen LogP contribution in [0.15, 0.2) is 58.5 Å². The van der Waals surface area contributed by atoms with Crippen LogP contribution in [0.25, 0.3) is 0 Å². The zero-order chi connectivity index (χ0) is 21.6. The van der Waals surface area contributed by atoms with Crippen LogP contribution in [0, 0.1) is 0 Å². The maximum atomic E-state index is 12.2. The van der Waals surface area contributed by atoms with Gasteiger partial charge in [0.15, 0.2) is 0 Å². The van der Waals surface area contributed by atoms with Crippen LogP contribution in [0.1, 0.15) is 23.2 Å². The molecule has 0 unspecified atom stereocenters. The van der Waals surface area contributed by atoms with Crippen molar-refractivity contribution in [2.24, 2.45) is 0 Å². The van der Waals surface area contributed by atoms with Gasteiger partial charge in [-0.2, -0.15) is 4.98 Å². The van der Waals surface area contributed by atoms with Gasteiger partial charge in [0.05, 0.1) is 15.7 Å². The Morgan fingerprint density at radius 3 is 2.68 bits per heavy atom.